The predicted molar refractivity (Wildman–Crippen MR) is 88.2 cm³/mol. The maximum atomic E-state index is 5.58. The molecule has 3 heteroatoms. The molecule has 1 aliphatic carbocycles. The molecule has 0 bridgehead atoms. The van der Waals surface area contributed by atoms with Crippen LogP contribution in [0.3, 0.4) is 0 Å². The van der Waals surface area contributed by atoms with Gasteiger partial charge in [-0.2, -0.15) is 0 Å². The zero-order chi connectivity index (χ0) is 14.2. The molecule has 0 heterocycles. The Kier molecular flexibility index (Phi) is 4.67. The largest absolute Gasteiger partial charge is 0.496 e. The molecule has 1 aliphatic rings. The zero-order valence-corrected chi connectivity index (χ0v) is 15.3. The summed E-state index contributed by atoms with van der Waals surface area (Å²) in [4.78, 5) is 0.358. The molecule has 2 rings (SSSR count). The Morgan fingerprint density at radius 3 is 2.58 bits per heavy atom. The average Bonchev–Trinajstić information content (AvgIpc) is 2.71. The van der Waals surface area contributed by atoms with Crippen molar-refractivity contribution in [1.29, 1.82) is 0 Å². The van der Waals surface area contributed by atoms with Crippen LogP contribution in [0, 0.1) is 18.3 Å². The van der Waals surface area contributed by atoms with Gasteiger partial charge in [0.05, 0.1) is 7.11 Å². The first-order chi connectivity index (χ1) is 8.86. The normalized spacial score (nSPS) is 23.4. The highest BCUT2D eigenvalue weighted by Crippen LogP contribution is 2.53. The minimum absolute atomic E-state index is 0.358. The van der Waals surface area contributed by atoms with E-state index in [4.69, 9.17) is 4.74 Å². The number of benzene rings is 1. The van der Waals surface area contributed by atoms with Crippen LogP contribution < -0.4 is 4.74 Å². The van der Waals surface area contributed by atoms with E-state index in [1.54, 1.807) is 7.11 Å². The van der Waals surface area contributed by atoms with Gasteiger partial charge in [-0.3, -0.25) is 0 Å². The van der Waals surface area contributed by atoms with Crippen molar-refractivity contribution in [3.05, 3.63) is 27.7 Å². The second kappa shape index (κ2) is 5.77. The van der Waals surface area contributed by atoms with Crippen LogP contribution >= 0.6 is 31.9 Å². The lowest BCUT2D eigenvalue weighted by atomic mass is 9.78. The number of alkyl halides is 1. The van der Waals surface area contributed by atoms with Crippen LogP contribution in [0.5, 0.6) is 5.75 Å². The van der Waals surface area contributed by atoms with Crippen molar-refractivity contribution in [2.24, 2.45) is 11.3 Å². The highest BCUT2D eigenvalue weighted by atomic mass is 79.9. The summed E-state index contributed by atoms with van der Waals surface area (Å²) in [7, 11) is 1.76. The monoisotopic (exact) mass is 388 g/mol. The predicted octanol–water partition coefficient (Wildman–Crippen LogP) is 6.03. The van der Waals surface area contributed by atoms with Gasteiger partial charge in [-0.25, -0.2) is 0 Å². The second-order valence-electron chi connectivity index (χ2n) is 6.23. The van der Waals surface area contributed by atoms with Gasteiger partial charge in [0.25, 0.3) is 0 Å². The molecule has 0 aromatic heterocycles. The van der Waals surface area contributed by atoms with Crippen molar-refractivity contribution in [1.82, 2.24) is 0 Å². The van der Waals surface area contributed by atoms with Gasteiger partial charge in [0.2, 0.25) is 0 Å². The van der Waals surface area contributed by atoms with Gasteiger partial charge in [-0.05, 0) is 48.8 Å². The number of rotatable bonds is 3. The Hall–Kier alpha value is -0.0200. The molecule has 0 saturated heterocycles. The number of hydrogen-bond acceptors (Lipinski definition) is 1. The molecule has 0 N–H and O–H groups in total. The molecule has 0 aliphatic heterocycles. The smallest absolute Gasteiger partial charge is 0.123 e. The minimum atomic E-state index is 0.358. The van der Waals surface area contributed by atoms with Gasteiger partial charge in [-0.15, -0.1) is 0 Å². The SMILES string of the molecule is COc1cc(C)c(Br)cc1C(Br)C1CCCC1(C)C. The molecule has 1 nitrogen and oxygen atoms in total. The molecular formula is C16H22Br2O. The highest BCUT2D eigenvalue weighted by Gasteiger charge is 2.40. The Labute approximate surface area is 133 Å². The number of halogens is 2. The summed E-state index contributed by atoms with van der Waals surface area (Å²) in [5.41, 5.74) is 2.88. The molecule has 19 heavy (non-hydrogen) atoms. The molecule has 0 amide bonds. The maximum absolute atomic E-state index is 5.58. The van der Waals surface area contributed by atoms with Crippen LogP contribution in [0.1, 0.15) is 49.1 Å². The fraction of sp³-hybridized carbons (Fsp3) is 0.625. The van der Waals surface area contributed by atoms with E-state index in [0.29, 0.717) is 16.2 Å². The fourth-order valence-corrected chi connectivity index (χ4v) is 4.87. The van der Waals surface area contributed by atoms with E-state index in [1.807, 2.05) is 0 Å². The summed E-state index contributed by atoms with van der Waals surface area (Å²) >= 11 is 7.58. The third-order valence-electron chi connectivity index (χ3n) is 4.50. The van der Waals surface area contributed by atoms with E-state index in [1.165, 1.54) is 30.4 Å². The molecule has 1 fully saturated rings. The van der Waals surface area contributed by atoms with Gasteiger partial charge in [0.1, 0.15) is 5.75 Å². The summed E-state index contributed by atoms with van der Waals surface area (Å²) in [6, 6.07) is 4.33. The third-order valence-corrected chi connectivity index (χ3v) is 6.49. The van der Waals surface area contributed by atoms with E-state index in [2.05, 4.69) is 64.8 Å². The van der Waals surface area contributed by atoms with Crippen molar-refractivity contribution < 1.29 is 4.74 Å². The maximum Gasteiger partial charge on any atom is 0.123 e. The molecule has 0 radical (unpaired) electrons. The molecular weight excluding hydrogens is 368 g/mol. The summed E-state index contributed by atoms with van der Waals surface area (Å²) in [6.07, 6.45) is 3.93. The Morgan fingerprint density at radius 2 is 2.05 bits per heavy atom. The lowest BCUT2D eigenvalue weighted by Gasteiger charge is -2.32. The Morgan fingerprint density at radius 1 is 1.37 bits per heavy atom. The Bertz CT molecular complexity index is 468. The van der Waals surface area contributed by atoms with Crippen molar-refractivity contribution in [3.63, 3.8) is 0 Å². The fourth-order valence-electron chi connectivity index (χ4n) is 3.18. The summed E-state index contributed by atoms with van der Waals surface area (Å²) in [6.45, 7) is 6.86. The summed E-state index contributed by atoms with van der Waals surface area (Å²) in [5.74, 6) is 1.65. The first-order valence-corrected chi connectivity index (χ1v) is 8.56. The summed E-state index contributed by atoms with van der Waals surface area (Å²) < 4.78 is 6.74. The van der Waals surface area contributed by atoms with Crippen molar-refractivity contribution >= 4 is 31.9 Å². The molecule has 1 saturated carbocycles. The first kappa shape index (κ1) is 15.4. The van der Waals surface area contributed by atoms with Gasteiger partial charge < -0.3 is 4.74 Å². The van der Waals surface area contributed by atoms with Gasteiger partial charge in [0, 0.05) is 14.9 Å². The van der Waals surface area contributed by atoms with Crippen LogP contribution in [0.25, 0.3) is 0 Å². The van der Waals surface area contributed by atoms with E-state index in [0.717, 1.165) is 10.2 Å². The third kappa shape index (κ3) is 3.02. The highest BCUT2D eigenvalue weighted by molar-refractivity contribution is 9.10. The number of ether oxygens (including phenoxy) is 1. The first-order valence-electron chi connectivity index (χ1n) is 6.85. The number of methoxy groups -OCH3 is 1. The molecule has 2 atom stereocenters. The minimum Gasteiger partial charge on any atom is -0.496 e. The van der Waals surface area contributed by atoms with Crippen LogP contribution in [0.4, 0.5) is 0 Å². The van der Waals surface area contributed by atoms with Crippen LogP contribution in [0.15, 0.2) is 16.6 Å². The topological polar surface area (TPSA) is 9.23 Å². The van der Waals surface area contributed by atoms with E-state index < -0.39 is 0 Å². The van der Waals surface area contributed by atoms with Crippen LogP contribution in [-0.2, 0) is 0 Å². The quantitative estimate of drug-likeness (QED) is 0.573. The standard InChI is InChI=1S/C16H22Br2O/c1-10-8-14(19-4)11(9-13(10)17)15(18)12-6-5-7-16(12,2)3/h8-9,12,15H,5-7H2,1-4H3. The molecule has 106 valence electrons. The average molecular weight is 390 g/mol. The number of hydrogen-bond donors (Lipinski definition) is 0. The van der Waals surface area contributed by atoms with Gasteiger partial charge >= 0.3 is 0 Å². The van der Waals surface area contributed by atoms with Crippen molar-refractivity contribution in [2.45, 2.75) is 44.9 Å². The van der Waals surface area contributed by atoms with E-state index >= 15 is 0 Å². The van der Waals surface area contributed by atoms with Crippen LogP contribution in [-0.4, -0.2) is 7.11 Å². The van der Waals surface area contributed by atoms with Gasteiger partial charge in [0.15, 0.2) is 0 Å². The summed E-state index contributed by atoms with van der Waals surface area (Å²) in [5, 5.41) is 0. The molecule has 1 aromatic carbocycles. The lowest BCUT2D eigenvalue weighted by molar-refractivity contribution is 0.254. The van der Waals surface area contributed by atoms with E-state index in [-0.39, 0.29) is 0 Å². The van der Waals surface area contributed by atoms with Crippen LogP contribution in [0.2, 0.25) is 0 Å². The van der Waals surface area contributed by atoms with Crippen molar-refractivity contribution in [2.75, 3.05) is 7.11 Å². The second-order valence-corrected chi connectivity index (χ2v) is 8.07. The zero-order valence-electron chi connectivity index (χ0n) is 12.1. The molecule has 1 aromatic rings. The van der Waals surface area contributed by atoms with Gasteiger partial charge in [-0.1, -0.05) is 52.1 Å². The lowest BCUT2D eigenvalue weighted by Crippen LogP contribution is -2.21. The number of aryl methyl sites for hydroxylation is 1. The van der Waals surface area contributed by atoms with Crippen molar-refractivity contribution in [3.8, 4) is 5.75 Å². The Balaban J connectivity index is 2.38. The molecule has 2 unspecified atom stereocenters. The van der Waals surface area contributed by atoms with E-state index in [9.17, 15) is 0 Å². The molecule has 0 spiro atoms.